The topological polar surface area (TPSA) is 0 Å². The summed E-state index contributed by atoms with van der Waals surface area (Å²) in [5, 5.41) is 0. The molecule has 0 unspecified atom stereocenters. The molecule has 0 fully saturated rings. The summed E-state index contributed by atoms with van der Waals surface area (Å²) in [5.74, 6) is 0. The Labute approximate surface area is 63.9 Å². The Morgan fingerprint density at radius 1 is 0.571 bits per heavy atom. The van der Waals surface area contributed by atoms with Crippen LogP contribution in [0.2, 0.25) is 0 Å². The average Bonchev–Trinajstić information content (AvgIpc) is 1.50. The van der Waals surface area contributed by atoms with Crippen molar-refractivity contribution >= 4 is 35.8 Å². The lowest BCUT2D eigenvalue weighted by molar-refractivity contribution is 1.50. The van der Waals surface area contributed by atoms with Gasteiger partial charge in [0.2, 0.25) is 0 Å². The predicted molar refractivity (Wildman–Crippen MR) is 48.5 cm³/mol. The van der Waals surface area contributed by atoms with E-state index >= 15 is 0 Å². The van der Waals surface area contributed by atoms with Gasteiger partial charge in [-0.1, -0.05) is 27.7 Å². The van der Waals surface area contributed by atoms with E-state index in [1.807, 2.05) is 27.7 Å². The Kier molecular flexibility index (Phi) is 2370. The van der Waals surface area contributed by atoms with Gasteiger partial charge in [0.15, 0.2) is 0 Å². The molecule has 0 rings (SSSR count). The second-order valence-electron chi connectivity index (χ2n) is 0. The van der Waals surface area contributed by atoms with Crippen molar-refractivity contribution < 1.29 is 0 Å². The Hall–Kier alpha value is 0.797. The van der Waals surface area contributed by atoms with Crippen molar-refractivity contribution in [2.45, 2.75) is 27.7 Å². The van der Waals surface area contributed by atoms with Crippen LogP contribution in [0.1, 0.15) is 27.7 Å². The molecule has 0 aliphatic rings. The van der Waals surface area contributed by atoms with Crippen molar-refractivity contribution in [3.8, 4) is 0 Å². The molecule has 0 nitrogen and oxygen atoms in total. The van der Waals surface area contributed by atoms with Crippen molar-refractivity contribution in [1.82, 2.24) is 0 Å². The lowest BCUT2D eigenvalue weighted by atomic mass is 11.0. The van der Waals surface area contributed by atoms with Gasteiger partial charge < -0.3 is 0 Å². The van der Waals surface area contributed by atoms with Gasteiger partial charge in [0.25, 0.3) is 0 Å². The summed E-state index contributed by atoms with van der Waals surface area (Å²) in [4.78, 5) is 0. The summed E-state index contributed by atoms with van der Waals surface area (Å²) in [6.07, 6.45) is 0. The fraction of sp³-hybridized carbons (Fsp3) is 1.00. The van der Waals surface area contributed by atoms with Crippen LogP contribution in [0.3, 0.4) is 0 Å². The number of hydrogen-bond donors (Lipinski definition) is 0. The highest BCUT2D eigenvalue weighted by Gasteiger charge is 0.934. The van der Waals surface area contributed by atoms with Crippen molar-refractivity contribution in [2.24, 2.45) is 0 Å². The van der Waals surface area contributed by atoms with Crippen molar-refractivity contribution in [1.29, 1.82) is 0 Å². The molecule has 0 atom stereocenters. The van der Waals surface area contributed by atoms with Crippen LogP contribution in [-0.4, -0.2) is 11.0 Å². The van der Waals surface area contributed by atoms with Gasteiger partial charge in [0.05, 0.1) is 0 Å². The van der Waals surface area contributed by atoms with Gasteiger partial charge in [-0.2, -0.15) is 0 Å². The van der Waals surface area contributed by atoms with E-state index in [2.05, 4.69) is 0 Å². The molecule has 0 aromatic carbocycles. The third kappa shape index (κ3) is 246. The highest BCUT2D eigenvalue weighted by molar-refractivity contribution is 5.85. The Morgan fingerprint density at radius 3 is 0.571 bits per heavy atom. The summed E-state index contributed by atoms with van der Waals surface area (Å²) >= 11 is 0. The van der Waals surface area contributed by atoms with Crippen LogP contribution < -0.4 is 0 Å². The molecule has 52 valence electrons. The third-order valence-electron chi connectivity index (χ3n) is 0. The molecule has 0 N–H and O–H groups in total. The Morgan fingerprint density at radius 2 is 0.571 bits per heavy atom. The van der Waals surface area contributed by atoms with E-state index < -0.39 is 0 Å². The summed E-state index contributed by atoms with van der Waals surface area (Å²) in [5.41, 5.74) is 0. The summed E-state index contributed by atoms with van der Waals surface area (Å²) in [6, 6.07) is 0. The summed E-state index contributed by atoms with van der Waals surface area (Å²) in [6.45, 7) is 8.00. The van der Waals surface area contributed by atoms with E-state index in [0.717, 1.165) is 0 Å². The molecule has 0 saturated heterocycles. The first-order valence-corrected chi connectivity index (χ1v) is 2.00. The van der Waals surface area contributed by atoms with Gasteiger partial charge in [-0.25, -0.2) is 0 Å². The average molecular weight is 165 g/mol. The van der Waals surface area contributed by atoms with Gasteiger partial charge in [0.1, 0.15) is 0 Å². The highest BCUT2D eigenvalue weighted by Crippen LogP contribution is 1.15. The molecule has 3 heteroatoms. The molecule has 0 saturated carbocycles. The molecular formula is C4H18Cl2Si. The molecule has 0 amide bonds. The standard InChI is InChI=1S/2C2H6.2ClH.H4Si/c2*1-2;;;/h2*1-2H3;2*1H;1H4. The van der Waals surface area contributed by atoms with Gasteiger partial charge in [-0.3, -0.25) is 0 Å². The van der Waals surface area contributed by atoms with Crippen LogP contribution >= 0.6 is 24.8 Å². The van der Waals surface area contributed by atoms with Crippen LogP contribution in [0.4, 0.5) is 0 Å². The Bertz CT molecular complexity index is 9.65. The summed E-state index contributed by atoms with van der Waals surface area (Å²) < 4.78 is 0. The second-order valence-corrected chi connectivity index (χ2v) is 0. The van der Waals surface area contributed by atoms with E-state index in [1.165, 1.54) is 0 Å². The van der Waals surface area contributed by atoms with Crippen molar-refractivity contribution in [3.63, 3.8) is 0 Å². The minimum atomic E-state index is 0. The largest absolute Gasteiger partial charge is 0.147 e. The van der Waals surface area contributed by atoms with Crippen LogP contribution in [0.25, 0.3) is 0 Å². The predicted octanol–water partition coefficient (Wildman–Crippen LogP) is 1.44. The van der Waals surface area contributed by atoms with Crippen molar-refractivity contribution in [3.05, 3.63) is 0 Å². The Balaban J connectivity index is -0.00000000267. The van der Waals surface area contributed by atoms with E-state index in [-0.39, 0.29) is 35.8 Å². The van der Waals surface area contributed by atoms with Crippen LogP contribution in [0.5, 0.6) is 0 Å². The molecule has 0 aromatic heterocycles. The first-order chi connectivity index (χ1) is 2.00. The van der Waals surface area contributed by atoms with Crippen LogP contribution in [0, 0.1) is 0 Å². The zero-order chi connectivity index (χ0) is 4.00. The summed E-state index contributed by atoms with van der Waals surface area (Å²) in [7, 11) is 0. The fourth-order valence-electron chi connectivity index (χ4n) is 0. The monoisotopic (exact) mass is 164 g/mol. The maximum atomic E-state index is 2.00. The first kappa shape index (κ1) is 46.0. The molecule has 0 bridgehead atoms. The molecule has 0 aromatic rings. The smallest absolute Gasteiger partial charge is 0.0149 e. The molecule has 0 heterocycles. The normalized spacial score (nSPS) is 1.71. The SMILES string of the molecule is CC.CC.Cl.Cl.[SiH4]. The lowest BCUT2D eigenvalue weighted by Gasteiger charge is -1.07. The van der Waals surface area contributed by atoms with E-state index in [9.17, 15) is 0 Å². The van der Waals surface area contributed by atoms with E-state index in [4.69, 9.17) is 0 Å². The van der Waals surface area contributed by atoms with Crippen LogP contribution in [-0.2, 0) is 0 Å². The first-order valence-electron chi connectivity index (χ1n) is 2.00. The zero-order valence-electron chi connectivity index (χ0n) is 4.82. The minimum absolute atomic E-state index is 0. The minimum Gasteiger partial charge on any atom is -0.147 e. The maximum Gasteiger partial charge on any atom is -0.0149 e. The molecule has 0 spiro atoms. The maximum absolute atomic E-state index is 2.00. The molecule has 0 aliphatic heterocycles. The highest BCUT2D eigenvalue weighted by atomic mass is 35.5. The quantitative estimate of drug-likeness (QED) is 0.476. The number of rotatable bonds is 0. The number of hydrogen-bond acceptors (Lipinski definition) is 0. The number of halogens is 2. The van der Waals surface area contributed by atoms with Crippen LogP contribution in [0.15, 0.2) is 0 Å². The van der Waals surface area contributed by atoms with Crippen molar-refractivity contribution in [2.75, 3.05) is 0 Å². The zero-order valence-corrected chi connectivity index (χ0v) is 6.45. The molecule has 0 aliphatic carbocycles. The van der Waals surface area contributed by atoms with E-state index in [0.29, 0.717) is 0 Å². The lowest BCUT2D eigenvalue weighted by Crippen LogP contribution is -0.856. The van der Waals surface area contributed by atoms with E-state index in [1.54, 1.807) is 0 Å². The fourth-order valence-corrected chi connectivity index (χ4v) is 0. The van der Waals surface area contributed by atoms with Gasteiger partial charge in [-0.15, -0.1) is 24.8 Å². The second kappa shape index (κ2) is 360. The molecule has 7 heavy (non-hydrogen) atoms. The van der Waals surface area contributed by atoms with Gasteiger partial charge >= 0.3 is 0 Å². The molecular weight excluding hydrogens is 147 g/mol. The third-order valence-corrected chi connectivity index (χ3v) is 0. The van der Waals surface area contributed by atoms with Gasteiger partial charge in [-0.05, 0) is 11.0 Å². The van der Waals surface area contributed by atoms with Gasteiger partial charge in [0, 0.05) is 0 Å². The molecule has 0 radical (unpaired) electrons.